The number of rotatable bonds is 6. The van der Waals surface area contributed by atoms with Gasteiger partial charge in [-0.2, -0.15) is 5.10 Å². The van der Waals surface area contributed by atoms with Gasteiger partial charge in [0.05, 0.1) is 17.3 Å². The van der Waals surface area contributed by atoms with E-state index < -0.39 is 11.9 Å². The van der Waals surface area contributed by atoms with Crippen molar-refractivity contribution in [3.8, 4) is 16.9 Å². The molecule has 40 heavy (non-hydrogen) atoms. The van der Waals surface area contributed by atoms with Crippen molar-refractivity contribution in [1.29, 1.82) is 0 Å². The highest BCUT2D eigenvalue weighted by Crippen LogP contribution is 2.36. The van der Waals surface area contributed by atoms with Crippen LogP contribution in [0.25, 0.3) is 32.8 Å². The Kier molecular flexibility index (Phi) is 6.95. The molecule has 0 atom stereocenters. The number of aromatic nitrogens is 1. The summed E-state index contributed by atoms with van der Waals surface area (Å²) in [6.07, 6.45) is 1.45. The van der Waals surface area contributed by atoms with Gasteiger partial charge in [0.2, 0.25) is 0 Å². The van der Waals surface area contributed by atoms with Gasteiger partial charge in [0, 0.05) is 26.4 Å². The number of aromatic amines is 1. The second-order valence-electron chi connectivity index (χ2n) is 9.09. The molecule has 0 bridgehead atoms. The van der Waals surface area contributed by atoms with E-state index in [4.69, 9.17) is 4.74 Å². The van der Waals surface area contributed by atoms with E-state index in [-0.39, 0.29) is 0 Å². The van der Waals surface area contributed by atoms with Crippen LogP contribution in [0.2, 0.25) is 0 Å². The molecule has 1 aromatic heterocycles. The fourth-order valence-electron chi connectivity index (χ4n) is 4.67. The number of carbonyl (C=O) groups excluding carboxylic acids is 2. The number of benzene rings is 5. The summed E-state index contributed by atoms with van der Waals surface area (Å²) in [6.45, 7) is 0. The van der Waals surface area contributed by atoms with E-state index in [1.807, 2.05) is 66.7 Å². The topological polar surface area (TPSA) is 83.5 Å². The smallest absolute Gasteiger partial charge is 0.343 e. The molecule has 0 saturated heterocycles. The van der Waals surface area contributed by atoms with Crippen LogP contribution in [0, 0.1) is 0 Å². The summed E-state index contributed by atoms with van der Waals surface area (Å²) in [4.78, 5) is 29.5. The van der Waals surface area contributed by atoms with Gasteiger partial charge < -0.3 is 9.72 Å². The molecule has 0 unspecified atom stereocenters. The number of halogens is 1. The molecule has 0 aliphatic carbocycles. The Bertz CT molecular complexity index is 1900. The number of nitrogens with one attached hydrogen (secondary N) is 2. The number of fused-ring (bicyclic) bond motifs is 3. The molecule has 7 heteroatoms. The predicted molar refractivity (Wildman–Crippen MR) is 162 cm³/mol. The maximum absolute atomic E-state index is 13.5. The highest BCUT2D eigenvalue weighted by molar-refractivity contribution is 9.10. The van der Waals surface area contributed by atoms with E-state index in [0.717, 1.165) is 37.3 Å². The van der Waals surface area contributed by atoms with E-state index in [1.165, 1.54) is 6.21 Å². The molecule has 194 valence electrons. The molecule has 6 nitrogen and oxygen atoms in total. The minimum Gasteiger partial charge on any atom is -0.422 e. The number of ether oxygens (including phenoxy) is 1. The molecule has 2 N–H and O–H groups in total. The van der Waals surface area contributed by atoms with Gasteiger partial charge in [-0.15, -0.1) is 0 Å². The SMILES string of the molecule is O=C(Oc1ccc(Br)cc1C=NNC(=O)c1[nH]c2c(ccc3ccccc32)c1-c1ccccc1)c1ccccc1. The van der Waals surface area contributed by atoms with E-state index in [2.05, 4.69) is 37.5 Å². The summed E-state index contributed by atoms with van der Waals surface area (Å²) in [5.74, 6) is -0.565. The minimum atomic E-state index is -0.487. The maximum Gasteiger partial charge on any atom is 0.343 e. The van der Waals surface area contributed by atoms with Crippen LogP contribution in [0.3, 0.4) is 0 Å². The Morgan fingerprint density at radius 3 is 2.33 bits per heavy atom. The van der Waals surface area contributed by atoms with Crippen LogP contribution in [0.5, 0.6) is 5.75 Å². The van der Waals surface area contributed by atoms with Crippen molar-refractivity contribution >= 4 is 55.7 Å². The van der Waals surface area contributed by atoms with Crippen LogP contribution in [-0.4, -0.2) is 23.1 Å². The number of hydrogen-bond donors (Lipinski definition) is 2. The average molecular weight is 588 g/mol. The van der Waals surface area contributed by atoms with Crippen molar-refractivity contribution in [2.75, 3.05) is 0 Å². The Morgan fingerprint density at radius 2 is 1.52 bits per heavy atom. The van der Waals surface area contributed by atoms with Gasteiger partial charge in [-0.1, -0.05) is 101 Å². The van der Waals surface area contributed by atoms with Crippen LogP contribution >= 0.6 is 15.9 Å². The first-order valence-corrected chi connectivity index (χ1v) is 13.4. The van der Waals surface area contributed by atoms with Gasteiger partial charge in [0.15, 0.2) is 0 Å². The summed E-state index contributed by atoms with van der Waals surface area (Å²) in [5, 5.41) is 7.26. The first-order chi connectivity index (χ1) is 19.6. The second-order valence-corrected chi connectivity index (χ2v) is 10.0. The molecule has 0 aliphatic rings. The first-order valence-electron chi connectivity index (χ1n) is 12.6. The lowest BCUT2D eigenvalue weighted by Gasteiger charge is -2.08. The molecular weight excluding hydrogens is 566 g/mol. The van der Waals surface area contributed by atoms with E-state index in [0.29, 0.717) is 22.6 Å². The molecule has 6 aromatic rings. The largest absolute Gasteiger partial charge is 0.422 e. The van der Waals surface area contributed by atoms with E-state index >= 15 is 0 Å². The molecule has 6 rings (SSSR count). The number of hydrazone groups is 1. The quantitative estimate of drug-likeness (QED) is 0.0904. The van der Waals surface area contributed by atoms with Gasteiger partial charge in [-0.3, -0.25) is 4.79 Å². The second kappa shape index (κ2) is 11.0. The number of esters is 1. The van der Waals surface area contributed by atoms with Crippen molar-refractivity contribution in [3.63, 3.8) is 0 Å². The molecule has 0 aliphatic heterocycles. The molecular formula is C33H22BrN3O3. The zero-order valence-corrected chi connectivity index (χ0v) is 22.7. The van der Waals surface area contributed by atoms with Crippen LogP contribution in [-0.2, 0) is 0 Å². The van der Waals surface area contributed by atoms with Gasteiger partial charge in [0.1, 0.15) is 11.4 Å². The molecule has 5 aromatic carbocycles. The van der Waals surface area contributed by atoms with Crippen LogP contribution in [0.15, 0.2) is 125 Å². The van der Waals surface area contributed by atoms with Crippen molar-refractivity contribution in [3.05, 3.63) is 137 Å². The highest BCUT2D eigenvalue weighted by atomic mass is 79.9. The van der Waals surface area contributed by atoms with Crippen molar-refractivity contribution < 1.29 is 14.3 Å². The Balaban J connectivity index is 1.32. The third-order valence-electron chi connectivity index (χ3n) is 6.54. The average Bonchev–Trinajstić information content (AvgIpc) is 3.40. The van der Waals surface area contributed by atoms with E-state index in [1.54, 1.807) is 42.5 Å². The maximum atomic E-state index is 13.5. The zero-order valence-electron chi connectivity index (χ0n) is 21.1. The van der Waals surface area contributed by atoms with Crippen molar-refractivity contribution in [2.24, 2.45) is 5.10 Å². The lowest BCUT2D eigenvalue weighted by molar-refractivity contribution is 0.0734. The third-order valence-corrected chi connectivity index (χ3v) is 7.03. The number of amides is 1. The fourth-order valence-corrected chi connectivity index (χ4v) is 5.05. The van der Waals surface area contributed by atoms with Gasteiger partial charge >= 0.3 is 5.97 Å². The molecule has 0 saturated carbocycles. The number of hydrogen-bond acceptors (Lipinski definition) is 4. The number of H-pyrrole nitrogens is 1. The van der Waals surface area contributed by atoms with Crippen molar-refractivity contribution in [2.45, 2.75) is 0 Å². The molecule has 0 fully saturated rings. The van der Waals surface area contributed by atoms with E-state index in [9.17, 15) is 9.59 Å². The van der Waals surface area contributed by atoms with Gasteiger partial charge in [-0.05, 0) is 41.3 Å². The lowest BCUT2D eigenvalue weighted by Crippen LogP contribution is -2.19. The Hall–Kier alpha value is -5.01. The van der Waals surface area contributed by atoms with Crippen LogP contribution < -0.4 is 10.2 Å². The van der Waals surface area contributed by atoms with Gasteiger partial charge in [-0.25, -0.2) is 10.2 Å². The highest BCUT2D eigenvalue weighted by Gasteiger charge is 2.20. The van der Waals surface area contributed by atoms with Gasteiger partial charge in [0.25, 0.3) is 5.91 Å². The standard InChI is InChI=1S/C33H22BrN3O3/c34-25-16-18-28(40-33(39)23-12-5-2-6-13-23)24(19-25)20-35-37-32(38)31-29(22-10-3-1-4-11-22)27-17-15-21-9-7-8-14-26(21)30(27)36-31/h1-20,36H,(H,37,38). The Morgan fingerprint density at radius 1 is 0.800 bits per heavy atom. The lowest BCUT2D eigenvalue weighted by atomic mass is 9.99. The molecule has 0 spiro atoms. The van der Waals surface area contributed by atoms with Crippen LogP contribution in [0.1, 0.15) is 26.4 Å². The normalized spacial score (nSPS) is 11.2. The predicted octanol–water partition coefficient (Wildman–Crippen LogP) is 7.73. The Labute approximate surface area is 238 Å². The number of carbonyl (C=O) groups is 2. The first kappa shape index (κ1) is 25.3. The monoisotopic (exact) mass is 587 g/mol. The van der Waals surface area contributed by atoms with Crippen molar-refractivity contribution in [1.82, 2.24) is 10.4 Å². The summed E-state index contributed by atoms with van der Waals surface area (Å²) in [5.41, 5.74) is 6.59. The third kappa shape index (κ3) is 5.02. The minimum absolute atomic E-state index is 0.317. The number of nitrogens with zero attached hydrogens (tertiary/aromatic N) is 1. The molecule has 1 amide bonds. The van der Waals surface area contributed by atoms with Crippen LogP contribution in [0.4, 0.5) is 0 Å². The summed E-state index contributed by atoms with van der Waals surface area (Å²) >= 11 is 3.45. The summed E-state index contributed by atoms with van der Waals surface area (Å²) in [6, 6.07) is 35.9. The summed E-state index contributed by atoms with van der Waals surface area (Å²) in [7, 11) is 0. The molecule has 1 heterocycles. The fraction of sp³-hybridized carbons (Fsp3) is 0. The summed E-state index contributed by atoms with van der Waals surface area (Å²) < 4.78 is 6.39. The zero-order chi connectivity index (χ0) is 27.5. The molecule has 0 radical (unpaired) electrons.